The first-order chi connectivity index (χ1) is 7.88. The van der Waals surface area contributed by atoms with E-state index in [1.165, 1.54) is 6.33 Å². The fourth-order valence-electron chi connectivity index (χ4n) is 1.24. The van der Waals surface area contributed by atoms with Crippen LogP contribution in [0.5, 0.6) is 0 Å². The molecule has 0 spiro atoms. The van der Waals surface area contributed by atoms with E-state index in [2.05, 4.69) is 25.9 Å². The van der Waals surface area contributed by atoms with Gasteiger partial charge in [0.25, 0.3) is 0 Å². The first-order valence-corrected chi connectivity index (χ1v) is 4.80. The SMILES string of the molecule is NNc1cc(NCCc2ncno2)ccn1. The molecule has 0 fully saturated rings. The van der Waals surface area contributed by atoms with Crippen LogP contribution in [0.25, 0.3) is 0 Å². The number of hydrazine groups is 1. The maximum absolute atomic E-state index is 5.25. The van der Waals surface area contributed by atoms with Crippen LogP contribution in [-0.2, 0) is 6.42 Å². The van der Waals surface area contributed by atoms with Crippen LogP contribution < -0.4 is 16.6 Å². The minimum absolute atomic E-state index is 0.610. The number of nitrogen functional groups attached to an aromatic ring is 1. The predicted octanol–water partition coefficient (Wildman–Crippen LogP) is 0.405. The zero-order valence-corrected chi connectivity index (χ0v) is 8.55. The predicted molar refractivity (Wildman–Crippen MR) is 58.5 cm³/mol. The third-order valence-electron chi connectivity index (χ3n) is 1.98. The molecule has 0 saturated heterocycles. The van der Waals surface area contributed by atoms with Crippen LogP contribution in [0.15, 0.2) is 29.2 Å². The molecule has 4 N–H and O–H groups in total. The Morgan fingerprint density at radius 2 is 2.31 bits per heavy atom. The van der Waals surface area contributed by atoms with E-state index >= 15 is 0 Å². The molecule has 0 radical (unpaired) electrons. The van der Waals surface area contributed by atoms with Crippen molar-refractivity contribution in [2.45, 2.75) is 6.42 Å². The molecular weight excluding hydrogens is 208 g/mol. The van der Waals surface area contributed by atoms with E-state index in [1.54, 1.807) is 6.20 Å². The lowest BCUT2D eigenvalue weighted by Gasteiger charge is -2.05. The summed E-state index contributed by atoms with van der Waals surface area (Å²) in [6.45, 7) is 0.705. The van der Waals surface area contributed by atoms with Crippen molar-refractivity contribution in [2.24, 2.45) is 5.84 Å². The average molecular weight is 220 g/mol. The molecule has 84 valence electrons. The maximum Gasteiger partial charge on any atom is 0.228 e. The van der Waals surface area contributed by atoms with Gasteiger partial charge in [0, 0.05) is 30.9 Å². The second kappa shape index (κ2) is 5.08. The Labute approximate surface area is 92.0 Å². The number of nitrogens with zero attached hydrogens (tertiary/aromatic N) is 3. The summed E-state index contributed by atoms with van der Waals surface area (Å²) in [5.41, 5.74) is 3.41. The van der Waals surface area contributed by atoms with Gasteiger partial charge in [-0.2, -0.15) is 4.98 Å². The van der Waals surface area contributed by atoms with Gasteiger partial charge in [-0.1, -0.05) is 5.16 Å². The molecule has 0 aromatic carbocycles. The van der Waals surface area contributed by atoms with Gasteiger partial charge in [0.1, 0.15) is 5.82 Å². The third kappa shape index (κ3) is 2.67. The average Bonchev–Trinajstić information content (AvgIpc) is 2.82. The van der Waals surface area contributed by atoms with Gasteiger partial charge in [-0.05, 0) is 6.07 Å². The van der Waals surface area contributed by atoms with E-state index in [0.717, 1.165) is 5.69 Å². The Morgan fingerprint density at radius 1 is 1.38 bits per heavy atom. The van der Waals surface area contributed by atoms with Crippen LogP contribution in [-0.4, -0.2) is 21.7 Å². The summed E-state index contributed by atoms with van der Waals surface area (Å²) in [5.74, 6) is 6.47. The van der Waals surface area contributed by atoms with Crippen LogP contribution >= 0.6 is 0 Å². The van der Waals surface area contributed by atoms with E-state index in [-0.39, 0.29) is 0 Å². The lowest BCUT2D eigenvalue weighted by atomic mass is 10.3. The van der Waals surface area contributed by atoms with Crippen molar-refractivity contribution in [2.75, 3.05) is 17.3 Å². The van der Waals surface area contributed by atoms with Crippen LogP contribution in [0.1, 0.15) is 5.89 Å². The van der Waals surface area contributed by atoms with Crippen molar-refractivity contribution < 1.29 is 4.52 Å². The van der Waals surface area contributed by atoms with Gasteiger partial charge in [0.2, 0.25) is 5.89 Å². The molecule has 0 unspecified atom stereocenters. The van der Waals surface area contributed by atoms with Gasteiger partial charge >= 0.3 is 0 Å². The first-order valence-electron chi connectivity index (χ1n) is 4.80. The standard InChI is InChI=1S/C9H12N6O/c10-15-8-5-7(1-3-12-8)11-4-2-9-13-6-14-16-9/h1,3,5-6H,2,4,10H2,(H2,11,12,15). The molecule has 0 aliphatic heterocycles. The molecule has 2 rings (SSSR count). The monoisotopic (exact) mass is 220 g/mol. The Bertz CT molecular complexity index is 429. The minimum Gasteiger partial charge on any atom is -0.384 e. The van der Waals surface area contributed by atoms with Gasteiger partial charge in [-0.3, -0.25) is 0 Å². The number of hydrogen-bond acceptors (Lipinski definition) is 7. The molecule has 2 aromatic heterocycles. The maximum atomic E-state index is 5.25. The first kappa shape index (κ1) is 10.4. The van der Waals surface area contributed by atoms with Gasteiger partial charge in [0.05, 0.1) is 0 Å². The van der Waals surface area contributed by atoms with E-state index in [1.807, 2.05) is 12.1 Å². The Hall–Kier alpha value is -2.15. The highest BCUT2D eigenvalue weighted by Gasteiger charge is 1.99. The molecule has 2 aromatic rings. The minimum atomic E-state index is 0.610. The molecule has 0 saturated carbocycles. The quantitative estimate of drug-likeness (QED) is 0.495. The molecule has 0 atom stereocenters. The molecule has 0 aliphatic carbocycles. The van der Waals surface area contributed by atoms with Crippen molar-refractivity contribution >= 4 is 11.5 Å². The number of aromatic nitrogens is 3. The van der Waals surface area contributed by atoms with E-state index in [0.29, 0.717) is 24.7 Å². The molecule has 16 heavy (non-hydrogen) atoms. The Kier molecular flexibility index (Phi) is 3.29. The van der Waals surface area contributed by atoms with Crippen LogP contribution in [0, 0.1) is 0 Å². The zero-order valence-electron chi connectivity index (χ0n) is 8.55. The number of nitrogens with two attached hydrogens (primary N) is 1. The highest BCUT2D eigenvalue weighted by molar-refractivity contribution is 5.51. The normalized spacial score (nSPS) is 10.1. The lowest BCUT2D eigenvalue weighted by Crippen LogP contribution is -2.10. The van der Waals surface area contributed by atoms with Gasteiger partial charge in [0.15, 0.2) is 6.33 Å². The van der Waals surface area contributed by atoms with E-state index in [4.69, 9.17) is 10.4 Å². The third-order valence-corrected chi connectivity index (χ3v) is 1.98. The smallest absolute Gasteiger partial charge is 0.228 e. The largest absolute Gasteiger partial charge is 0.384 e. The van der Waals surface area contributed by atoms with Gasteiger partial charge in [-0.25, -0.2) is 10.8 Å². The highest BCUT2D eigenvalue weighted by atomic mass is 16.5. The number of pyridine rings is 1. The summed E-state index contributed by atoms with van der Waals surface area (Å²) in [6, 6.07) is 3.67. The number of nitrogens with one attached hydrogen (secondary N) is 2. The van der Waals surface area contributed by atoms with Crippen molar-refractivity contribution in [1.82, 2.24) is 15.1 Å². The van der Waals surface area contributed by atoms with Crippen LogP contribution in [0.4, 0.5) is 11.5 Å². The summed E-state index contributed by atoms with van der Waals surface area (Å²) in [6.07, 6.45) is 3.73. The second-order valence-electron chi connectivity index (χ2n) is 3.09. The summed E-state index contributed by atoms with van der Waals surface area (Å²) in [7, 11) is 0. The van der Waals surface area contributed by atoms with Crippen molar-refractivity contribution in [1.29, 1.82) is 0 Å². The summed E-state index contributed by atoms with van der Waals surface area (Å²) >= 11 is 0. The number of hydrogen-bond donors (Lipinski definition) is 3. The van der Waals surface area contributed by atoms with Crippen LogP contribution in [0.3, 0.4) is 0 Å². The molecule has 7 nitrogen and oxygen atoms in total. The molecule has 0 aliphatic rings. The summed E-state index contributed by atoms with van der Waals surface area (Å²) in [5, 5.41) is 6.72. The van der Waals surface area contributed by atoms with Crippen molar-refractivity contribution in [3.63, 3.8) is 0 Å². The van der Waals surface area contributed by atoms with E-state index < -0.39 is 0 Å². The highest BCUT2D eigenvalue weighted by Crippen LogP contribution is 2.10. The van der Waals surface area contributed by atoms with Crippen LogP contribution in [0.2, 0.25) is 0 Å². The Morgan fingerprint density at radius 3 is 3.06 bits per heavy atom. The fraction of sp³-hybridized carbons (Fsp3) is 0.222. The molecule has 2 heterocycles. The molecule has 7 heteroatoms. The van der Waals surface area contributed by atoms with Gasteiger partial charge in [-0.15, -0.1) is 0 Å². The van der Waals surface area contributed by atoms with Gasteiger partial charge < -0.3 is 15.3 Å². The number of anilines is 2. The summed E-state index contributed by atoms with van der Waals surface area (Å²) in [4.78, 5) is 7.92. The fourth-order valence-corrected chi connectivity index (χ4v) is 1.24. The summed E-state index contributed by atoms with van der Waals surface area (Å²) < 4.78 is 4.87. The molecular formula is C9H12N6O. The second-order valence-corrected chi connectivity index (χ2v) is 3.09. The number of rotatable bonds is 5. The lowest BCUT2D eigenvalue weighted by molar-refractivity contribution is 0.380. The van der Waals surface area contributed by atoms with Crippen molar-refractivity contribution in [3.8, 4) is 0 Å². The molecule has 0 amide bonds. The molecule has 0 bridgehead atoms. The zero-order chi connectivity index (χ0) is 11.2. The van der Waals surface area contributed by atoms with Crippen molar-refractivity contribution in [3.05, 3.63) is 30.5 Å². The Balaban J connectivity index is 1.85. The van der Waals surface area contributed by atoms with E-state index in [9.17, 15) is 0 Å². The topological polar surface area (TPSA) is 102 Å².